The Kier molecular flexibility index (Phi) is 6.95. The van der Waals surface area contributed by atoms with Crippen LogP contribution in [0.25, 0.3) is 0 Å². The van der Waals surface area contributed by atoms with Crippen LogP contribution in [0.2, 0.25) is 18.6 Å². The van der Waals surface area contributed by atoms with Crippen LogP contribution in [0, 0.1) is 5.92 Å². The number of fused-ring (bicyclic) bond motifs is 1. The third-order valence-corrected chi connectivity index (χ3v) is 8.33. The smallest absolute Gasteiger partial charge is 0.247 e. The van der Waals surface area contributed by atoms with E-state index in [4.69, 9.17) is 9.47 Å². The summed E-state index contributed by atoms with van der Waals surface area (Å²) in [5.74, 6) is 0.520. The number of aliphatic hydroxyl groups excluding tert-OH is 1. The average Bonchev–Trinajstić information content (AvgIpc) is 2.72. The highest BCUT2D eigenvalue weighted by molar-refractivity contribution is 6.72. The van der Waals surface area contributed by atoms with Gasteiger partial charge in [-0.25, -0.2) is 0 Å². The number of carbonyl (C=O) groups is 1. The lowest BCUT2D eigenvalue weighted by Gasteiger charge is -2.43. The van der Waals surface area contributed by atoms with Crippen molar-refractivity contribution >= 4 is 26.2 Å². The van der Waals surface area contributed by atoms with Crippen molar-refractivity contribution in [1.82, 2.24) is 0 Å². The second-order valence-electron chi connectivity index (χ2n) is 8.31. The van der Waals surface area contributed by atoms with Gasteiger partial charge >= 0.3 is 0 Å². The van der Waals surface area contributed by atoms with Crippen LogP contribution >= 0.6 is 0 Å². The van der Waals surface area contributed by atoms with Gasteiger partial charge < -0.3 is 18.7 Å². The van der Waals surface area contributed by atoms with Crippen molar-refractivity contribution in [2.75, 3.05) is 18.6 Å². The first kappa shape index (κ1) is 22.5. The lowest BCUT2D eigenvalue weighted by molar-refractivity contribution is -0.106. The Bertz CT molecular complexity index is 858. The van der Waals surface area contributed by atoms with E-state index in [2.05, 4.69) is 0 Å². The summed E-state index contributed by atoms with van der Waals surface area (Å²) in [5.41, 5.74) is 1.96. The van der Waals surface area contributed by atoms with Crippen LogP contribution in [0.4, 0.5) is 15.5 Å². The molecule has 1 aliphatic rings. The summed E-state index contributed by atoms with van der Waals surface area (Å²) >= 11 is 0. The number of nitrogens with zero attached hydrogens (tertiary/aromatic N) is 1. The van der Waals surface area contributed by atoms with Crippen molar-refractivity contribution in [2.24, 2.45) is 5.92 Å². The standard InChI is InChI=1S/C23H30FNO4Si/c1-16-22(28-2)19-14-18(25(15-27)17-8-6-5-7-9-17)10-11-20(19)29-23(16)21(12-13-26)30(3,4)24/h5-11,14-16,21-23,26H,12-13H2,1-4H3/t16-,21?,22-,23-/m0/s1. The molecule has 4 atom stereocenters. The molecule has 0 aromatic heterocycles. The fraction of sp³-hybridized carbons (Fsp3) is 0.435. The number of halogens is 1. The highest BCUT2D eigenvalue weighted by Crippen LogP contribution is 2.48. The second kappa shape index (κ2) is 9.28. The highest BCUT2D eigenvalue weighted by atomic mass is 28.4. The number of benzene rings is 2. The minimum atomic E-state index is -3.07. The Hall–Kier alpha value is -2.22. The van der Waals surface area contributed by atoms with E-state index in [1.165, 1.54) is 0 Å². The van der Waals surface area contributed by atoms with Gasteiger partial charge in [-0.3, -0.25) is 9.69 Å². The third-order valence-electron chi connectivity index (χ3n) is 5.95. The number of para-hydroxylation sites is 1. The molecule has 0 spiro atoms. The van der Waals surface area contributed by atoms with Crippen molar-refractivity contribution < 1.29 is 23.5 Å². The molecule has 1 N–H and O–H groups in total. The number of hydrogen-bond acceptors (Lipinski definition) is 4. The van der Waals surface area contributed by atoms with Crippen molar-refractivity contribution in [1.29, 1.82) is 0 Å². The van der Waals surface area contributed by atoms with Gasteiger partial charge in [-0.2, -0.15) is 0 Å². The zero-order chi connectivity index (χ0) is 21.9. The van der Waals surface area contributed by atoms with Gasteiger partial charge in [-0.15, -0.1) is 0 Å². The van der Waals surface area contributed by atoms with Gasteiger partial charge in [0.05, 0.1) is 6.10 Å². The number of rotatable bonds is 8. The Balaban J connectivity index is 2.00. The first-order valence-corrected chi connectivity index (χ1v) is 13.2. The van der Waals surface area contributed by atoms with E-state index in [0.717, 1.165) is 17.7 Å². The van der Waals surface area contributed by atoms with Crippen LogP contribution < -0.4 is 9.64 Å². The molecule has 3 rings (SSSR count). The molecule has 5 nitrogen and oxygen atoms in total. The van der Waals surface area contributed by atoms with Gasteiger partial charge in [-0.1, -0.05) is 25.1 Å². The molecule has 1 amide bonds. The Labute approximate surface area is 178 Å². The fourth-order valence-corrected chi connectivity index (χ4v) is 6.38. The SMILES string of the molecule is CO[C@@H]1c2cc(N(C=O)c3ccccc3)ccc2O[C@H](C(CCO)[Si](C)(C)F)[C@H]1C. The third kappa shape index (κ3) is 4.43. The summed E-state index contributed by atoms with van der Waals surface area (Å²) < 4.78 is 27.2. The van der Waals surface area contributed by atoms with Crippen molar-refractivity contribution in [3.05, 3.63) is 54.1 Å². The van der Waals surface area contributed by atoms with Crippen LogP contribution in [0.3, 0.4) is 0 Å². The number of aliphatic hydroxyl groups is 1. The number of anilines is 2. The molecular formula is C23H30FNO4Si. The number of hydrogen-bond donors (Lipinski definition) is 1. The van der Waals surface area contributed by atoms with E-state index < -0.39 is 8.41 Å². The Morgan fingerprint density at radius 2 is 1.93 bits per heavy atom. The predicted molar refractivity (Wildman–Crippen MR) is 118 cm³/mol. The summed E-state index contributed by atoms with van der Waals surface area (Å²) in [5, 5.41) is 9.50. The van der Waals surface area contributed by atoms with E-state index in [9.17, 15) is 9.90 Å². The molecule has 0 saturated heterocycles. The van der Waals surface area contributed by atoms with Gasteiger partial charge in [0, 0.05) is 42.1 Å². The monoisotopic (exact) mass is 431 g/mol. The molecule has 162 valence electrons. The average molecular weight is 432 g/mol. The van der Waals surface area contributed by atoms with E-state index in [0.29, 0.717) is 17.9 Å². The molecule has 0 aliphatic carbocycles. The van der Waals surface area contributed by atoms with Crippen LogP contribution in [0.15, 0.2) is 48.5 Å². The maximum Gasteiger partial charge on any atom is 0.247 e. The van der Waals surface area contributed by atoms with Gasteiger partial charge in [0.2, 0.25) is 14.8 Å². The van der Waals surface area contributed by atoms with Crippen LogP contribution in [-0.2, 0) is 9.53 Å². The first-order valence-electron chi connectivity index (χ1n) is 10.2. The summed E-state index contributed by atoms with van der Waals surface area (Å²) in [6.07, 6.45) is 0.453. The molecule has 0 bridgehead atoms. The van der Waals surface area contributed by atoms with E-state index in [-0.39, 0.29) is 30.3 Å². The normalized spacial score (nSPS) is 22.0. The fourth-order valence-electron chi connectivity index (χ4n) is 4.41. The van der Waals surface area contributed by atoms with Crippen molar-refractivity contribution in [3.8, 4) is 5.75 Å². The maximum absolute atomic E-state index is 15.1. The molecular weight excluding hydrogens is 401 g/mol. The van der Waals surface area contributed by atoms with Crippen molar-refractivity contribution in [2.45, 2.75) is 44.2 Å². The van der Waals surface area contributed by atoms with Gasteiger partial charge in [0.15, 0.2) is 0 Å². The molecule has 1 heterocycles. The summed E-state index contributed by atoms with van der Waals surface area (Å²) in [4.78, 5) is 13.4. The van der Waals surface area contributed by atoms with Crippen molar-refractivity contribution in [3.63, 3.8) is 0 Å². The number of amides is 1. The molecule has 1 unspecified atom stereocenters. The quantitative estimate of drug-likeness (QED) is 0.363. The zero-order valence-corrected chi connectivity index (χ0v) is 18.9. The predicted octanol–water partition coefficient (Wildman–Crippen LogP) is 4.99. The Morgan fingerprint density at radius 3 is 2.50 bits per heavy atom. The molecule has 0 fully saturated rings. The van der Waals surface area contributed by atoms with E-state index in [1.807, 2.05) is 55.5 Å². The topological polar surface area (TPSA) is 59.0 Å². The largest absolute Gasteiger partial charge is 0.490 e. The minimum Gasteiger partial charge on any atom is -0.490 e. The highest BCUT2D eigenvalue weighted by Gasteiger charge is 2.47. The van der Waals surface area contributed by atoms with E-state index >= 15 is 4.11 Å². The lowest BCUT2D eigenvalue weighted by Crippen LogP contribution is -2.46. The number of ether oxygens (including phenoxy) is 2. The maximum atomic E-state index is 15.1. The van der Waals surface area contributed by atoms with Crippen LogP contribution in [0.1, 0.15) is 25.0 Å². The summed E-state index contributed by atoms with van der Waals surface area (Å²) in [6, 6.07) is 14.9. The second-order valence-corrected chi connectivity index (χ2v) is 12.2. The van der Waals surface area contributed by atoms with Gasteiger partial charge in [-0.05, 0) is 49.8 Å². The summed E-state index contributed by atoms with van der Waals surface area (Å²) in [6.45, 7) is 5.23. The molecule has 2 aromatic carbocycles. The van der Waals surface area contributed by atoms with E-state index in [1.54, 1.807) is 25.1 Å². The number of carbonyl (C=O) groups excluding carboxylic acids is 1. The Morgan fingerprint density at radius 1 is 1.23 bits per heavy atom. The molecule has 0 saturated carbocycles. The molecule has 0 radical (unpaired) electrons. The summed E-state index contributed by atoms with van der Waals surface area (Å²) in [7, 11) is -1.44. The van der Waals surface area contributed by atoms with Crippen LogP contribution in [0.5, 0.6) is 5.75 Å². The molecule has 7 heteroatoms. The molecule has 2 aromatic rings. The lowest BCUT2D eigenvalue weighted by atomic mass is 9.86. The van der Waals surface area contributed by atoms with Gasteiger partial charge in [0.1, 0.15) is 11.9 Å². The van der Waals surface area contributed by atoms with Gasteiger partial charge in [0.25, 0.3) is 0 Å². The number of methoxy groups -OCH3 is 1. The molecule has 30 heavy (non-hydrogen) atoms. The minimum absolute atomic E-state index is 0.0770. The first-order chi connectivity index (χ1) is 14.3. The molecule has 1 aliphatic heterocycles. The van der Waals surface area contributed by atoms with Crippen LogP contribution in [-0.4, -0.2) is 39.7 Å². The zero-order valence-electron chi connectivity index (χ0n) is 17.9.